The van der Waals surface area contributed by atoms with Crippen molar-refractivity contribution < 1.29 is 22.2 Å². The highest BCUT2D eigenvalue weighted by atomic mass is 35.5. The van der Waals surface area contributed by atoms with E-state index in [1.165, 1.54) is 12.4 Å². The summed E-state index contributed by atoms with van der Waals surface area (Å²) in [5.41, 5.74) is -0.373. The molecule has 1 N–H and O–H groups in total. The van der Waals surface area contributed by atoms with Crippen molar-refractivity contribution >= 4 is 40.6 Å². The van der Waals surface area contributed by atoms with E-state index < -0.39 is 27.5 Å². The highest BCUT2D eigenvalue weighted by Crippen LogP contribution is 2.41. The number of nitrogens with one attached hydrogen (secondary N) is 1. The first-order chi connectivity index (χ1) is 12.9. The van der Waals surface area contributed by atoms with Crippen molar-refractivity contribution in [3.63, 3.8) is 0 Å². The Morgan fingerprint density at radius 1 is 1.29 bits per heavy atom. The first-order valence-electron chi connectivity index (χ1n) is 8.05. The molecule has 1 aromatic carbocycles. The van der Waals surface area contributed by atoms with Gasteiger partial charge in [-0.05, 0) is 44.5 Å². The molecule has 152 valence electrons. The van der Waals surface area contributed by atoms with Crippen molar-refractivity contribution in [1.29, 1.82) is 0 Å². The Kier molecular flexibility index (Phi) is 7.30. The number of benzene rings is 1. The molecule has 0 amide bonds. The maximum absolute atomic E-state index is 13.2. The summed E-state index contributed by atoms with van der Waals surface area (Å²) in [6, 6.07) is 3.39. The number of nitrogens with zero attached hydrogens (tertiary/aromatic N) is 1. The zero-order chi connectivity index (χ0) is 21.1. The maximum Gasteiger partial charge on any atom is 0.416 e. The second-order valence-corrected chi connectivity index (χ2v) is 10.3. The molecule has 1 heterocycles. The number of aromatic nitrogens is 1. The number of carbonyl (C=O) groups excluding carboxylic acids is 1. The number of aldehydes is 1. The van der Waals surface area contributed by atoms with Gasteiger partial charge in [-0.3, -0.25) is 9.78 Å². The molecule has 0 aliphatic rings. The van der Waals surface area contributed by atoms with Gasteiger partial charge >= 0.3 is 6.18 Å². The molecule has 4 nitrogen and oxygen atoms in total. The summed E-state index contributed by atoms with van der Waals surface area (Å²) in [4.78, 5) is 15.9. The summed E-state index contributed by atoms with van der Waals surface area (Å²) in [7, 11) is -1.48. The van der Waals surface area contributed by atoms with Crippen molar-refractivity contribution in [2.45, 2.75) is 48.0 Å². The second kappa shape index (κ2) is 8.94. The number of halogens is 4. The first kappa shape index (κ1) is 22.9. The molecule has 0 radical (unpaired) electrons. The SMILES string of the molecule is CC(C)(C)S(=O)NCc1cc(C(F)(F)F)cc(Cl)c1Sc1ccncc1C=O. The van der Waals surface area contributed by atoms with E-state index in [1.54, 1.807) is 26.8 Å². The molecule has 0 bridgehead atoms. The molecule has 0 spiro atoms. The summed E-state index contributed by atoms with van der Waals surface area (Å²) in [5.74, 6) is 0. The van der Waals surface area contributed by atoms with Gasteiger partial charge in [0.1, 0.15) is 0 Å². The molecule has 1 aromatic heterocycles. The minimum Gasteiger partial charge on any atom is -0.298 e. The fraction of sp³-hybridized carbons (Fsp3) is 0.333. The lowest BCUT2D eigenvalue weighted by atomic mass is 10.1. The summed E-state index contributed by atoms with van der Waals surface area (Å²) < 4.78 is 54.1. The average Bonchev–Trinajstić information content (AvgIpc) is 2.60. The van der Waals surface area contributed by atoms with Crippen LogP contribution in [0.25, 0.3) is 0 Å². The molecular formula is C18H18ClF3N2O2S2. The van der Waals surface area contributed by atoms with Crippen LogP contribution >= 0.6 is 23.4 Å². The van der Waals surface area contributed by atoms with Gasteiger partial charge in [0.25, 0.3) is 0 Å². The summed E-state index contributed by atoms with van der Waals surface area (Å²) in [6.45, 7) is 5.16. The van der Waals surface area contributed by atoms with Crippen LogP contribution in [0.2, 0.25) is 5.02 Å². The van der Waals surface area contributed by atoms with Crippen molar-refractivity contribution in [3.05, 3.63) is 52.3 Å². The normalized spacial score (nSPS) is 13.4. The highest BCUT2D eigenvalue weighted by molar-refractivity contribution is 7.99. The van der Waals surface area contributed by atoms with Gasteiger partial charge in [-0.15, -0.1) is 0 Å². The third-order valence-electron chi connectivity index (χ3n) is 3.55. The van der Waals surface area contributed by atoms with E-state index >= 15 is 0 Å². The Labute approximate surface area is 172 Å². The molecule has 2 rings (SSSR count). The van der Waals surface area contributed by atoms with Crippen molar-refractivity contribution in [1.82, 2.24) is 9.71 Å². The zero-order valence-electron chi connectivity index (χ0n) is 15.3. The van der Waals surface area contributed by atoms with E-state index in [9.17, 15) is 22.2 Å². The number of rotatable bonds is 6. The minimum absolute atomic E-state index is 0.0860. The molecule has 0 aliphatic carbocycles. The monoisotopic (exact) mass is 450 g/mol. The number of hydrogen-bond acceptors (Lipinski definition) is 4. The second-order valence-electron chi connectivity index (χ2n) is 6.78. The quantitative estimate of drug-likeness (QED) is 0.609. The smallest absolute Gasteiger partial charge is 0.298 e. The predicted octanol–water partition coefficient (Wildman–Crippen LogP) is 5.27. The molecule has 0 aliphatic heterocycles. The zero-order valence-corrected chi connectivity index (χ0v) is 17.7. The molecule has 0 fully saturated rings. The Bertz CT molecular complexity index is 899. The molecule has 0 saturated carbocycles. The standard InChI is InChI=1S/C18H18ClF3N2O2S2/c1-17(2,3)28(26)24-9-11-6-13(18(20,21)22)7-14(19)16(11)27-15-4-5-23-8-12(15)10-25/h4-8,10,24H,9H2,1-3H3. The molecular weight excluding hydrogens is 433 g/mol. The maximum atomic E-state index is 13.2. The van der Waals surface area contributed by atoms with Crippen LogP contribution < -0.4 is 4.72 Å². The van der Waals surface area contributed by atoms with Gasteiger partial charge in [-0.25, -0.2) is 8.93 Å². The number of hydrogen-bond donors (Lipinski definition) is 1. The third-order valence-corrected chi connectivity index (χ3v) is 6.75. The van der Waals surface area contributed by atoms with E-state index in [0.717, 1.165) is 23.9 Å². The van der Waals surface area contributed by atoms with Crippen LogP contribution in [0.5, 0.6) is 0 Å². The number of alkyl halides is 3. The molecule has 10 heteroatoms. The van der Waals surface area contributed by atoms with Gasteiger partial charge in [-0.2, -0.15) is 13.2 Å². The lowest BCUT2D eigenvalue weighted by molar-refractivity contribution is -0.137. The van der Waals surface area contributed by atoms with Crippen molar-refractivity contribution in [2.75, 3.05) is 0 Å². The van der Waals surface area contributed by atoms with Crippen LogP contribution in [0.4, 0.5) is 13.2 Å². The summed E-state index contributed by atoms with van der Waals surface area (Å²) >= 11 is 7.22. The van der Waals surface area contributed by atoms with Gasteiger partial charge in [0.05, 0.1) is 26.3 Å². The van der Waals surface area contributed by atoms with Gasteiger partial charge in [-0.1, -0.05) is 23.4 Å². The van der Waals surface area contributed by atoms with E-state index in [-0.39, 0.29) is 17.1 Å². The number of carbonyl (C=O) groups is 1. The van der Waals surface area contributed by atoms with E-state index in [4.69, 9.17) is 11.6 Å². The van der Waals surface area contributed by atoms with Crippen molar-refractivity contribution in [3.8, 4) is 0 Å². The third kappa shape index (κ3) is 5.79. The van der Waals surface area contributed by atoms with Crippen LogP contribution in [0.3, 0.4) is 0 Å². The summed E-state index contributed by atoms with van der Waals surface area (Å²) in [5, 5.41) is -0.105. The Balaban J connectivity index is 2.47. The Morgan fingerprint density at radius 3 is 2.54 bits per heavy atom. The largest absolute Gasteiger partial charge is 0.416 e. The number of pyridine rings is 1. The average molecular weight is 451 g/mol. The summed E-state index contributed by atoms with van der Waals surface area (Å²) in [6.07, 6.45) is -1.13. The first-order valence-corrected chi connectivity index (χ1v) is 10.4. The Hall–Kier alpha value is -1.42. The highest BCUT2D eigenvalue weighted by Gasteiger charge is 2.32. The van der Waals surface area contributed by atoms with Gasteiger partial charge in [0.2, 0.25) is 0 Å². The molecule has 1 atom stereocenters. The topological polar surface area (TPSA) is 59.1 Å². The van der Waals surface area contributed by atoms with E-state index in [1.807, 2.05) is 0 Å². The fourth-order valence-corrected chi connectivity index (χ4v) is 4.17. The Morgan fingerprint density at radius 2 is 1.96 bits per heavy atom. The van der Waals surface area contributed by atoms with E-state index in [0.29, 0.717) is 21.6 Å². The van der Waals surface area contributed by atoms with Gasteiger partial charge in [0, 0.05) is 34.3 Å². The van der Waals surface area contributed by atoms with Crippen LogP contribution in [0.15, 0.2) is 40.4 Å². The van der Waals surface area contributed by atoms with Crippen LogP contribution in [-0.4, -0.2) is 20.2 Å². The predicted molar refractivity (Wildman–Crippen MR) is 105 cm³/mol. The van der Waals surface area contributed by atoms with Crippen LogP contribution in [0, 0.1) is 0 Å². The molecule has 28 heavy (non-hydrogen) atoms. The van der Waals surface area contributed by atoms with Crippen LogP contribution in [-0.2, 0) is 23.7 Å². The van der Waals surface area contributed by atoms with E-state index in [2.05, 4.69) is 9.71 Å². The molecule has 1 unspecified atom stereocenters. The van der Waals surface area contributed by atoms with Gasteiger partial charge in [0.15, 0.2) is 6.29 Å². The van der Waals surface area contributed by atoms with Crippen molar-refractivity contribution in [2.24, 2.45) is 0 Å². The van der Waals surface area contributed by atoms with Gasteiger partial charge < -0.3 is 0 Å². The molecule has 2 aromatic rings. The molecule has 0 saturated heterocycles. The lowest BCUT2D eigenvalue weighted by Crippen LogP contribution is -2.33. The fourth-order valence-electron chi connectivity index (χ4n) is 2.10. The van der Waals surface area contributed by atoms with Crippen LogP contribution in [0.1, 0.15) is 42.3 Å². The minimum atomic E-state index is -4.57. The lowest BCUT2D eigenvalue weighted by Gasteiger charge is -2.20.